The molecule has 1 amide bonds. The minimum Gasteiger partial charge on any atom is -0.460 e. The summed E-state index contributed by atoms with van der Waals surface area (Å²) in [4.78, 5) is 15.6. The van der Waals surface area contributed by atoms with Gasteiger partial charge in [-0.1, -0.05) is 17.4 Å². The standard InChI is InChI=1S/C15H19N3O6S/c1-6(20)17-11-13(22)12(21)8(5-19)24-14(11)23-7-3-2-4-9-10(7)18-15(16)25-9/h2-4,8,11-14,19,21-22H,5H2,1H3,(H2,16,18)(H,17,20)/t8?,11-,12?,13?,14?/m0/s1. The van der Waals surface area contributed by atoms with Crippen molar-refractivity contribution in [3.05, 3.63) is 18.2 Å². The number of aliphatic hydroxyl groups is 3. The molecule has 2 heterocycles. The highest BCUT2D eigenvalue weighted by Gasteiger charge is 2.46. The summed E-state index contributed by atoms with van der Waals surface area (Å²) in [6, 6.07) is 4.21. The third-order valence-electron chi connectivity index (χ3n) is 3.89. The van der Waals surface area contributed by atoms with E-state index in [9.17, 15) is 20.1 Å². The van der Waals surface area contributed by atoms with E-state index in [2.05, 4.69) is 10.3 Å². The van der Waals surface area contributed by atoms with Crippen LogP contribution in [0.3, 0.4) is 0 Å². The van der Waals surface area contributed by atoms with E-state index in [1.807, 2.05) is 6.07 Å². The molecular weight excluding hydrogens is 350 g/mol. The SMILES string of the molecule is CC(=O)N[C@@H]1C(Oc2cccc3sc(N)nc23)OC(CO)C(O)C1O. The van der Waals surface area contributed by atoms with Crippen LogP contribution in [0.15, 0.2) is 18.2 Å². The maximum atomic E-state index is 11.4. The topological polar surface area (TPSA) is 147 Å². The predicted octanol–water partition coefficient (Wildman–Crippen LogP) is -0.799. The summed E-state index contributed by atoms with van der Waals surface area (Å²) in [7, 11) is 0. The first-order valence-electron chi connectivity index (χ1n) is 7.62. The maximum absolute atomic E-state index is 11.4. The Morgan fingerprint density at radius 3 is 2.88 bits per heavy atom. The van der Waals surface area contributed by atoms with Gasteiger partial charge in [-0.15, -0.1) is 0 Å². The van der Waals surface area contributed by atoms with Crippen molar-refractivity contribution in [2.24, 2.45) is 0 Å². The lowest BCUT2D eigenvalue weighted by Crippen LogP contribution is -2.65. The number of thiazole rings is 1. The van der Waals surface area contributed by atoms with Crippen LogP contribution in [-0.2, 0) is 9.53 Å². The predicted molar refractivity (Wildman–Crippen MR) is 90.0 cm³/mol. The fraction of sp³-hybridized carbons (Fsp3) is 0.467. The lowest BCUT2D eigenvalue weighted by atomic mass is 9.97. The molecule has 1 aliphatic rings. The minimum atomic E-state index is -1.38. The van der Waals surface area contributed by atoms with E-state index in [4.69, 9.17) is 15.2 Å². The Kier molecular flexibility index (Phi) is 5.06. The van der Waals surface area contributed by atoms with Crippen LogP contribution in [-0.4, -0.2) is 63.5 Å². The van der Waals surface area contributed by atoms with Crippen molar-refractivity contribution in [1.82, 2.24) is 10.3 Å². The van der Waals surface area contributed by atoms with Crippen LogP contribution in [0.2, 0.25) is 0 Å². The van der Waals surface area contributed by atoms with Gasteiger partial charge in [0.05, 0.1) is 11.3 Å². The van der Waals surface area contributed by atoms with Gasteiger partial charge in [-0.3, -0.25) is 4.79 Å². The van der Waals surface area contributed by atoms with Crippen molar-refractivity contribution in [2.75, 3.05) is 12.3 Å². The van der Waals surface area contributed by atoms with Crippen molar-refractivity contribution < 1.29 is 29.6 Å². The highest BCUT2D eigenvalue weighted by molar-refractivity contribution is 7.22. The first kappa shape index (κ1) is 17.8. The number of carbonyl (C=O) groups excluding carboxylic acids is 1. The summed E-state index contributed by atoms with van der Waals surface area (Å²) in [5, 5.41) is 32.5. The molecule has 1 fully saturated rings. The molecule has 25 heavy (non-hydrogen) atoms. The van der Waals surface area contributed by atoms with Gasteiger partial charge >= 0.3 is 0 Å². The number of ether oxygens (including phenoxy) is 2. The number of amides is 1. The Bertz CT molecular complexity index is 769. The highest BCUT2D eigenvalue weighted by atomic mass is 32.1. The number of hydrogen-bond acceptors (Lipinski definition) is 9. The fourth-order valence-electron chi connectivity index (χ4n) is 2.73. The van der Waals surface area contributed by atoms with Crippen LogP contribution in [0, 0.1) is 0 Å². The zero-order chi connectivity index (χ0) is 18.1. The molecule has 2 aromatic rings. The number of rotatable bonds is 4. The molecule has 0 aliphatic carbocycles. The third-order valence-corrected chi connectivity index (χ3v) is 4.74. The Morgan fingerprint density at radius 1 is 1.44 bits per heavy atom. The first-order chi connectivity index (χ1) is 11.9. The number of fused-ring (bicyclic) bond motifs is 1. The maximum Gasteiger partial charge on any atom is 0.223 e. The zero-order valence-electron chi connectivity index (χ0n) is 13.3. The second-order valence-corrected chi connectivity index (χ2v) is 6.77. The van der Waals surface area contributed by atoms with E-state index >= 15 is 0 Å². The van der Waals surface area contributed by atoms with Crippen LogP contribution >= 0.6 is 11.3 Å². The molecule has 1 aromatic heterocycles. The summed E-state index contributed by atoms with van der Waals surface area (Å²) in [5.74, 6) is -0.0712. The van der Waals surface area contributed by atoms with Crippen LogP contribution in [0.5, 0.6) is 5.75 Å². The van der Waals surface area contributed by atoms with E-state index < -0.39 is 43.2 Å². The molecule has 136 valence electrons. The van der Waals surface area contributed by atoms with E-state index in [1.54, 1.807) is 12.1 Å². The molecule has 0 spiro atoms. The molecule has 0 bridgehead atoms. The second-order valence-electron chi connectivity index (χ2n) is 5.71. The Hall–Kier alpha value is -1.98. The summed E-state index contributed by atoms with van der Waals surface area (Å²) in [6.07, 6.45) is -4.93. The lowest BCUT2D eigenvalue weighted by molar-refractivity contribution is -0.244. The molecule has 1 saturated heterocycles. The molecule has 4 unspecified atom stereocenters. The van der Waals surface area contributed by atoms with Crippen molar-refractivity contribution >= 4 is 32.6 Å². The van der Waals surface area contributed by atoms with Crippen LogP contribution in [0.1, 0.15) is 6.92 Å². The minimum absolute atomic E-state index is 0.353. The third kappa shape index (κ3) is 3.53. The summed E-state index contributed by atoms with van der Waals surface area (Å²) >= 11 is 1.29. The number of nitrogens with one attached hydrogen (secondary N) is 1. The number of aliphatic hydroxyl groups excluding tert-OH is 3. The Morgan fingerprint density at radius 2 is 2.20 bits per heavy atom. The number of carbonyl (C=O) groups is 1. The molecule has 10 heteroatoms. The largest absolute Gasteiger partial charge is 0.460 e. The number of para-hydroxylation sites is 1. The number of nitrogens with zero attached hydrogens (tertiary/aromatic N) is 1. The summed E-state index contributed by atoms with van der Waals surface area (Å²) in [5.41, 5.74) is 6.25. The van der Waals surface area contributed by atoms with Crippen LogP contribution in [0.25, 0.3) is 10.2 Å². The van der Waals surface area contributed by atoms with Gasteiger partial charge in [0.15, 0.2) is 5.13 Å². The van der Waals surface area contributed by atoms with E-state index in [0.717, 1.165) is 4.70 Å². The van der Waals surface area contributed by atoms with E-state index in [1.165, 1.54) is 18.3 Å². The van der Waals surface area contributed by atoms with Crippen molar-refractivity contribution in [3.63, 3.8) is 0 Å². The number of nitrogen functional groups attached to an aromatic ring is 1. The van der Waals surface area contributed by atoms with Crippen LogP contribution < -0.4 is 15.8 Å². The quantitative estimate of drug-likeness (QED) is 0.471. The van der Waals surface area contributed by atoms with E-state index in [-0.39, 0.29) is 0 Å². The summed E-state index contributed by atoms with van der Waals surface area (Å²) in [6.45, 7) is 0.759. The number of nitrogens with two attached hydrogens (primary N) is 1. The number of hydrogen-bond donors (Lipinski definition) is 5. The Labute approximate surface area is 147 Å². The monoisotopic (exact) mass is 369 g/mol. The van der Waals surface area contributed by atoms with Gasteiger partial charge in [0.2, 0.25) is 12.2 Å². The van der Waals surface area contributed by atoms with E-state index in [0.29, 0.717) is 16.4 Å². The van der Waals surface area contributed by atoms with Crippen molar-refractivity contribution in [2.45, 2.75) is 37.6 Å². The molecule has 0 radical (unpaired) electrons. The van der Waals surface area contributed by atoms with Crippen molar-refractivity contribution in [1.29, 1.82) is 0 Å². The Balaban J connectivity index is 1.92. The molecule has 9 nitrogen and oxygen atoms in total. The zero-order valence-corrected chi connectivity index (χ0v) is 14.1. The number of anilines is 1. The van der Waals surface area contributed by atoms with Gasteiger partial charge in [0.25, 0.3) is 0 Å². The average molecular weight is 369 g/mol. The van der Waals surface area contributed by atoms with Gasteiger partial charge in [0.1, 0.15) is 35.6 Å². The molecule has 1 aromatic carbocycles. The highest BCUT2D eigenvalue weighted by Crippen LogP contribution is 2.33. The summed E-state index contributed by atoms with van der Waals surface area (Å²) < 4.78 is 12.2. The number of aromatic nitrogens is 1. The average Bonchev–Trinajstić information content (AvgIpc) is 2.95. The number of benzene rings is 1. The molecule has 1 aliphatic heterocycles. The van der Waals surface area contributed by atoms with Gasteiger partial charge in [-0.25, -0.2) is 4.98 Å². The first-order valence-corrected chi connectivity index (χ1v) is 8.43. The van der Waals surface area contributed by atoms with Gasteiger partial charge in [0, 0.05) is 6.92 Å². The van der Waals surface area contributed by atoms with Crippen molar-refractivity contribution in [3.8, 4) is 5.75 Å². The molecular formula is C15H19N3O6S. The second kappa shape index (κ2) is 7.10. The fourth-order valence-corrected chi connectivity index (χ4v) is 3.48. The molecule has 5 atom stereocenters. The molecule has 3 rings (SSSR count). The smallest absolute Gasteiger partial charge is 0.223 e. The van der Waals surface area contributed by atoms with Gasteiger partial charge < -0.3 is 35.8 Å². The molecule has 6 N–H and O–H groups in total. The van der Waals surface area contributed by atoms with Crippen LogP contribution in [0.4, 0.5) is 5.13 Å². The van der Waals surface area contributed by atoms with Gasteiger partial charge in [-0.05, 0) is 12.1 Å². The normalized spacial score (nSPS) is 29.5. The lowest BCUT2D eigenvalue weighted by Gasteiger charge is -2.42. The van der Waals surface area contributed by atoms with Gasteiger partial charge in [-0.2, -0.15) is 0 Å². The molecule has 0 saturated carbocycles.